The Morgan fingerprint density at radius 3 is 2.95 bits per heavy atom. The normalized spacial score (nSPS) is 35.8. The molecule has 1 aromatic carbocycles. The summed E-state index contributed by atoms with van der Waals surface area (Å²) >= 11 is 0. The zero-order valence-electron chi connectivity index (χ0n) is 10.6. The molecule has 2 heterocycles. The quantitative estimate of drug-likeness (QED) is 0.782. The smallest absolute Gasteiger partial charge is 0.291 e. The number of halogens is 1. The molecule has 0 bridgehead atoms. The van der Waals surface area contributed by atoms with E-state index in [0.29, 0.717) is 0 Å². The summed E-state index contributed by atoms with van der Waals surface area (Å²) in [5, 5.41) is 0. The highest BCUT2D eigenvalue weighted by molar-refractivity contribution is 7.48. The molecule has 3 atom stereocenters. The van der Waals surface area contributed by atoms with Crippen molar-refractivity contribution in [3.8, 4) is 0 Å². The van der Waals surface area contributed by atoms with Gasteiger partial charge in [-0.25, -0.2) is 4.57 Å². The van der Waals surface area contributed by atoms with E-state index < -0.39 is 7.91 Å². The Balaban J connectivity index is 1.71. The molecule has 2 aliphatic rings. The van der Waals surface area contributed by atoms with Gasteiger partial charge in [-0.3, -0.25) is 13.9 Å². The van der Waals surface area contributed by atoms with Crippen LogP contribution in [0.25, 0.3) is 0 Å². The molecule has 0 aliphatic carbocycles. The van der Waals surface area contributed by atoms with Gasteiger partial charge in [0.1, 0.15) is 0 Å². The molecule has 0 amide bonds. The molecule has 0 spiro atoms. The molecule has 0 aromatic heterocycles. The van der Waals surface area contributed by atoms with Gasteiger partial charge in [-0.1, -0.05) is 30.3 Å². The Kier molecular flexibility index (Phi) is 3.72. The SMILES string of the molecule is O=P1(F)OC[C@H]2[C@H](CCCN2Cc2ccccc2)O1. The van der Waals surface area contributed by atoms with Crippen molar-refractivity contribution in [1.82, 2.24) is 4.90 Å². The van der Waals surface area contributed by atoms with Crippen LogP contribution in [0.3, 0.4) is 0 Å². The van der Waals surface area contributed by atoms with Crippen molar-refractivity contribution < 1.29 is 17.8 Å². The first-order valence-corrected chi connectivity index (χ1v) is 7.98. The standard InChI is InChI=1S/C13H17FNO3P/c14-19(16)17-10-12-13(18-19)7-4-8-15(12)9-11-5-2-1-3-6-11/h1-3,5-6,12-13H,4,7-10H2/t12-,13-,19?/m0/s1. The van der Waals surface area contributed by atoms with Gasteiger partial charge in [-0.2, -0.15) is 0 Å². The zero-order chi connectivity index (χ0) is 13.3. The van der Waals surface area contributed by atoms with Crippen LogP contribution in [0.1, 0.15) is 18.4 Å². The molecule has 4 nitrogen and oxygen atoms in total. The summed E-state index contributed by atoms with van der Waals surface area (Å²) < 4.78 is 34.2. The van der Waals surface area contributed by atoms with Gasteiger partial charge in [0.25, 0.3) is 0 Å². The van der Waals surface area contributed by atoms with Gasteiger partial charge in [0.2, 0.25) is 0 Å². The van der Waals surface area contributed by atoms with Gasteiger partial charge in [-0.15, -0.1) is 4.20 Å². The molecule has 1 unspecified atom stereocenters. The lowest BCUT2D eigenvalue weighted by atomic mass is 9.98. The van der Waals surface area contributed by atoms with E-state index in [1.54, 1.807) is 0 Å². The molecule has 0 saturated carbocycles. The average molecular weight is 285 g/mol. The Hall–Kier alpha value is -0.740. The number of hydrogen-bond donors (Lipinski definition) is 0. The Morgan fingerprint density at radius 2 is 2.16 bits per heavy atom. The van der Waals surface area contributed by atoms with E-state index in [1.165, 1.54) is 5.56 Å². The second kappa shape index (κ2) is 5.33. The highest BCUT2D eigenvalue weighted by Gasteiger charge is 2.44. The maximum absolute atomic E-state index is 13.3. The fourth-order valence-corrected chi connectivity index (χ4v) is 3.76. The molecule has 2 aliphatic heterocycles. The third kappa shape index (κ3) is 3.06. The van der Waals surface area contributed by atoms with E-state index in [-0.39, 0.29) is 18.8 Å². The zero-order valence-corrected chi connectivity index (χ0v) is 11.5. The molecule has 1 aromatic rings. The number of nitrogens with zero attached hydrogens (tertiary/aromatic N) is 1. The third-order valence-corrected chi connectivity index (χ3v) is 4.70. The summed E-state index contributed by atoms with van der Waals surface area (Å²) in [5.41, 5.74) is 1.21. The monoisotopic (exact) mass is 285 g/mol. The van der Waals surface area contributed by atoms with E-state index in [4.69, 9.17) is 9.05 Å². The van der Waals surface area contributed by atoms with Crippen molar-refractivity contribution in [2.75, 3.05) is 13.2 Å². The minimum absolute atomic E-state index is 0.00761. The van der Waals surface area contributed by atoms with E-state index in [9.17, 15) is 8.76 Å². The number of fused-ring (bicyclic) bond motifs is 1. The molecule has 19 heavy (non-hydrogen) atoms. The van der Waals surface area contributed by atoms with Crippen LogP contribution in [0.15, 0.2) is 30.3 Å². The first-order valence-electron chi connectivity index (χ1n) is 6.55. The van der Waals surface area contributed by atoms with Gasteiger partial charge in [-0.05, 0) is 24.9 Å². The Bertz CT molecular complexity index is 484. The fraction of sp³-hybridized carbons (Fsp3) is 0.538. The highest BCUT2D eigenvalue weighted by Crippen LogP contribution is 2.55. The van der Waals surface area contributed by atoms with E-state index in [2.05, 4.69) is 17.0 Å². The van der Waals surface area contributed by atoms with Crippen LogP contribution in [0, 0.1) is 0 Å². The van der Waals surface area contributed by atoms with Crippen LogP contribution in [0.5, 0.6) is 0 Å². The molecule has 6 heteroatoms. The number of hydrogen-bond acceptors (Lipinski definition) is 4. The molecular weight excluding hydrogens is 268 g/mol. The molecule has 0 radical (unpaired) electrons. The fourth-order valence-electron chi connectivity index (χ4n) is 2.80. The summed E-state index contributed by atoms with van der Waals surface area (Å²) in [6, 6.07) is 10.1. The van der Waals surface area contributed by atoms with E-state index >= 15 is 0 Å². The molecular formula is C13H17FNO3P. The number of piperidine rings is 1. The van der Waals surface area contributed by atoms with E-state index in [0.717, 1.165) is 25.9 Å². The van der Waals surface area contributed by atoms with Gasteiger partial charge in [0.05, 0.1) is 18.8 Å². The predicted octanol–water partition coefficient (Wildman–Crippen LogP) is 3.14. The second-order valence-electron chi connectivity index (χ2n) is 5.04. The molecule has 0 N–H and O–H groups in total. The minimum Gasteiger partial charge on any atom is -0.291 e. The van der Waals surface area contributed by atoms with Crippen molar-refractivity contribution >= 4 is 7.91 Å². The van der Waals surface area contributed by atoms with Crippen LogP contribution < -0.4 is 0 Å². The highest BCUT2D eigenvalue weighted by atomic mass is 31.2. The lowest BCUT2D eigenvalue weighted by Crippen LogP contribution is -2.52. The molecule has 2 saturated heterocycles. The molecule has 2 fully saturated rings. The lowest BCUT2D eigenvalue weighted by Gasteiger charge is -2.43. The first kappa shape index (κ1) is 13.3. The average Bonchev–Trinajstić information content (AvgIpc) is 2.39. The molecule has 3 rings (SSSR count). The summed E-state index contributed by atoms with van der Waals surface area (Å²) in [5.74, 6) is 0. The number of likely N-dealkylation sites (tertiary alicyclic amines) is 1. The molecule has 104 valence electrons. The minimum atomic E-state index is -4.31. The maximum atomic E-state index is 13.3. The predicted molar refractivity (Wildman–Crippen MR) is 69.4 cm³/mol. The van der Waals surface area contributed by atoms with E-state index in [1.807, 2.05) is 18.2 Å². The summed E-state index contributed by atoms with van der Waals surface area (Å²) in [6.45, 7) is 1.86. The summed E-state index contributed by atoms with van der Waals surface area (Å²) in [6.07, 6.45) is 1.35. The van der Waals surface area contributed by atoms with Crippen LogP contribution in [0.4, 0.5) is 4.20 Å². The van der Waals surface area contributed by atoms with Crippen molar-refractivity contribution in [2.45, 2.75) is 31.5 Å². The Labute approximate surface area is 112 Å². The van der Waals surface area contributed by atoms with Crippen LogP contribution >= 0.6 is 7.91 Å². The van der Waals surface area contributed by atoms with Crippen LogP contribution in [0.2, 0.25) is 0 Å². The Morgan fingerprint density at radius 1 is 1.37 bits per heavy atom. The van der Waals surface area contributed by atoms with Crippen LogP contribution in [-0.2, 0) is 20.2 Å². The van der Waals surface area contributed by atoms with Crippen molar-refractivity contribution in [1.29, 1.82) is 0 Å². The summed E-state index contributed by atoms with van der Waals surface area (Å²) in [7, 11) is -4.31. The van der Waals surface area contributed by atoms with Crippen molar-refractivity contribution in [2.24, 2.45) is 0 Å². The summed E-state index contributed by atoms with van der Waals surface area (Å²) in [4.78, 5) is 2.22. The van der Waals surface area contributed by atoms with Gasteiger partial charge in [0, 0.05) is 6.54 Å². The number of rotatable bonds is 2. The van der Waals surface area contributed by atoms with Gasteiger partial charge >= 0.3 is 7.91 Å². The van der Waals surface area contributed by atoms with Gasteiger partial charge in [0.15, 0.2) is 0 Å². The lowest BCUT2D eigenvalue weighted by molar-refractivity contribution is -0.0503. The second-order valence-corrected chi connectivity index (χ2v) is 6.37. The number of benzene rings is 1. The maximum Gasteiger partial charge on any atom is 0.513 e. The van der Waals surface area contributed by atoms with Crippen LogP contribution in [-0.4, -0.2) is 30.2 Å². The van der Waals surface area contributed by atoms with Gasteiger partial charge < -0.3 is 0 Å². The topological polar surface area (TPSA) is 38.8 Å². The first-order chi connectivity index (χ1) is 9.14. The van der Waals surface area contributed by atoms with Crippen molar-refractivity contribution in [3.05, 3.63) is 35.9 Å². The van der Waals surface area contributed by atoms with Crippen molar-refractivity contribution in [3.63, 3.8) is 0 Å². The largest absolute Gasteiger partial charge is 0.513 e. The third-order valence-electron chi connectivity index (χ3n) is 3.72.